The van der Waals surface area contributed by atoms with E-state index in [1.165, 1.54) is 27.8 Å². The number of nitro groups is 1. The second-order valence-electron chi connectivity index (χ2n) is 6.80. The second kappa shape index (κ2) is 7.34. The fraction of sp³-hybridized carbons (Fsp3) is 0.333. The summed E-state index contributed by atoms with van der Waals surface area (Å²) in [6.07, 6.45) is 2.80. The molecule has 150 valence electrons. The Hall–Kier alpha value is -3.76. The molecular weight excluding hydrogens is 378 g/mol. The molecule has 11 nitrogen and oxygen atoms in total. The summed E-state index contributed by atoms with van der Waals surface area (Å²) in [5, 5.41) is 15.6. The highest BCUT2D eigenvalue weighted by Gasteiger charge is 2.25. The molecule has 0 saturated carbocycles. The molecule has 11 heteroatoms. The fourth-order valence-electron chi connectivity index (χ4n) is 3.51. The molecule has 1 amide bonds. The summed E-state index contributed by atoms with van der Waals surface area (Å²) in [6.45, 7) is 1.68. The zero-order chi connectivity index (χ0) is 20.5. The number of benzene rings is 1. The Kier molecular flexibility index (Phi) is 4.71. The van der Waals surface area contributed by atoms with Gasteiger partial charge in [-0.1, -0.05) is 12.1 Å². The largest absolute Gasteiger partial charge is 0.362 e. The highest BCUT2D eigenvalue weighted by molar-refractivity contribution is 5.78. The minimum Gasteiger partial charge on any atom is -0.362 e. The van der Waals surface area contributed by atoms with Crippen LogP contribution in [0.15, 0.2) is 41.6 Å². The van der Waals surface area contributed by atoms with Crippen LogP contribution < -0.4 is 10.5 Å². The molecule has 1 aliphatic heterocycles. The number of anilines is 1. The van der Waals surface area contributed by atoms with Crippen LogP contribution >= 0.6 is 0 Å². The van der Waals surface area contributed by atoms with Gasteiger partial charge in [0.15, 0.2) is 5.65 Å². The molecule has 0 bridgehead atoms. The quantitative estimate of drug-likeness (QED) is 0.461. The maximum atomic E-state index is 12.7. The number of aryl methyl sites for hydroxylation is 1. The first-order valence-electron chi connectivity index (χ1n) is 9.09. The molecule has 29 heavy (non-hydrogen) atoms. The van der Waals surface area contributed by atoms with Crippen molar-refractivity contribution in [3.05, 3.63) is 57.3 Å². The van der Waals surface area contributed by atoms with Crippen molar-refractivity contribution in [1.82, 2.24) is 24.2 Å². The molecule has 0 spiro atoms. The van der Waals surface area contributed by atoms with Gasteiger partial charge in [0.2, 0.25) is 5.91 Å². The molecule has 0 aliphatic carbocycles. The summed E-state index contributed by atoms with van der Waals surface area (Å²) in [5.74, 6) is -0.195. The number of nitrogens with zero attached hydrogens (tertiary/aromatic N) is 7. The summed E-state index contributed by atoms with van der Waals surface area (Å²) in [7, 11) is 1.70. The highest BCUT2D eigenvalue weighted by atomic mass is 16.6. The molecule has 1 aromatic carbocycles. The van der Waals surface area contributed by atoms with E-state index < -0.39 is 4.92 Å². The van der Waals surface area contributed by atoms with Gasteiger partial charge in [-0.2, -0.15) is 5.10 Å². The van der Waals surface area contributed by atoms with Crippen molar-refractivity contribution in [2.75, 3.05) is 31.1 Å². The third-order valence-electron chi connectivity index (χ3n) is 5.08. The zero-order valence-corrected chi connectivity index (χ0v) is 15.8. The van der Waals surface area contributed by atoms with Crippen molar-refractivity contribution < 1.29 is 9.72 Å². The first kappa shape index (κ1) is 18.6. The van der Waals surface area contributed by atoms with Crippen molar-refractivity contribution >= 4 is 28.3 Å². The number of aromatic nitrogens is 4. The number of nitro benzene ring substituents is 1. The lowest BCUT2D eigenvalue weighted by molar-refractivity contribution is -0.384. The molecule has 0 N–H and O–H groups in total. The van der Waals surface area contributed by atoms with E-state index in [1.807, 2.05) is 4.90 Å². The minimum absolute atomic E-state index is 0.0506. The Bertz CT molecular complexity index is 1140. The third kappa shape index (κ3) is 3.42. The van der Waals surface area contributed by atoms with Crippen LogP contribution in [0.4, 0.5) is 11.4 Å². The smallest absolute Gasteiger partial charge is 0.292 e. The van der Waals surface area contributed by atoms with Gasteiger partial charge in [-0.3, -0.25) is 29.0 Å². The number of carbonyl (C=O) groups excluding carboxylic acids is 1. The zero-order valence-electron chi connectivity index (χ0n) is 15.8. The number of amides is 1. The number of hydrogen-bond acceptors (Lipinski definition) is 7. The van der Waals surface area contributed by atoms with E-state index in [2.05, 4.69) is 10.1 Å². The van der Waals surface area contributed by atoms with Gasteiger partial charge in [0.25, 0.3) is 11.2 Å². The van der Waals surface area contributed by atoms with E-state index in [0.29, 0.717) is 42.9 Å². The standard InChI is InChI=1S/C18H19N7O4/c1-21-17-13(10-20-21)18(27)24(12-19-17)11-16(26)23-8-6-22(7-9-23)14-4-2-3-5-15(14)25(28)29/h2-5,10,12H,6-9,11H2,1H3. The van der Waals surface area contributed by atoms with Gasteiger partial charge in [-0.25, -0.2) is 4.98 Å². The van der Waals surface area contributed by atoms with Crippen LogP contribution in [0.5, 0.6) is 0 Å². The van der Waals surface area contributed by atoms with Gasteiger partial charge in [0.1, 0.15) is 23.9 Å². The first-order chi connectivity index (χ1) is 14.0. The molecule has 2 aromatic heterocycles. The Morgan fingerprint density at radius 2 is 1.93 bits per heavy atom. The number of rotatable bonds is 4. The van der Waals surface area contributed by atoms with Crippen LogP contribution in [0.3, 0.4) is 0 Å². The first-order valence-corrected chi connectivity index (χ1v) is 9.09. The van der Waals surface area contributed by atoms with Crippen molar-refractivity contribution in [1.29, 1.82) is 0 Å². The average Bonchev–Trinajstić information content (AvgIpc) is 3.11. The van der Waals surface area contributed by atoms with E-state index in [9.17, 15) is 19.7 Å². The highest BCUT2D eigenvalue weighted by Crippen LogP contribution is 2.28. The van der Waals surface area contributed by atoms with Gasteiger partial charge in [-0.15, -0.1) is 0 Å². The van der Waals surface area contributed by atoms with Gasteiger partial charge in [0.05, 0.1) is 11.1 Å². The van der Waals surface area contributed by atoms with Crippen LogP contribution in [0.25, 0.3) is 11.0 Å². The van der Waals surface area contributed by atoms with Crippen LogP contribution in [0, 0.1) is 10.1 Å². The molecule has 1 saturated heterocycles. The molecule has 4 rings (SSSR count). The molecule has 1 fully saturated rings. The summed E-state index contributed by atoms with van der Waals surface area (Å²) in [6, 6.07) is 6.57. The predicted octanol–water partition coefficient (Wildman–Crippen LogP) is 0.387. The third-order valence-corrected chi connectivity index (χ3v) is 5.08. The molecule has 1 aliphatic rings. The molecule has 0 radical (unpaired) electrons. The molecular formula is C18H19N7O4. The lowest BCUT2D eigenvalue weighted by Gasteiger charge is -2.35. The van der Waals surface area contributed by atoms with Crippen molar-refractivity contribution in [3.8, 4) is 0 Å². The van der Waals surface area contributed by atoms with Crippen LogP contribution in [-0.2, 0) is 18.4 Å². The molecule has 3 aromatic rings. The second-order valence-corrected chi connectivity index (χ2v) is 6.80. The number of piperazine rings is 1. The summed E-state index contributed by atoms with van der Waals surface area (Å²) in [4.78, 5) is 43.8. The van der Waals surface area contributed by atoms with E-state index in [-0.39, 0.29) is 23.7 Å². The van der Waals surface area contributed by atoms with Crippen molar-refractivity contribution in [2.24, 2.45) is 7.05 Å². The average molecular weight is 397 g/mol. The molecule has 0 atom stereocenters. The van der Waals surface area contributed by atoms with E-state index in [1.54, 1.807) is 30.1 Å². The fourth-order valence-corrected chi connectivity index (χ4v) is 3.51. The van der Waals surface area contributed by atoms with Gasteiger partial charge >= 0.3 is 0 Å². The van der Waals surface area contributed by atoms with Crippen molar-refractivity contribution in [3.63, 3.8) is 0 Å². The van der Waals surface area contributed by atoms with E-state index >= 15 is 0 Å². The lowest BCUT2D eigenvalue weighted by Crippen LogP contribution is -2.50. The Balaban J connectivity index is 1.44. The maximum absolute atomic E-state index is 12.7. The maximum Gasteiger partial charge on any atom is 0.292 e. The molecule has 3 heterocycles. The normalized spacial score (nSPS) is 14.4. The minimum atomic E-state index is -0.402. The monoisotopic (exact) mass is 397 g/mol. The Labute approximate surface area is 164 Å². The predicted molar refractivity (Wildman–Crippen MR) is 105 cm³/mol. The summed E-state index contributed by atoms with van der Waals surface area (Å²) < 4.78 is 2.78. The lowest BCUT2D eigenvalue weighted by atomic mass is 10.2. The van der Waals surface area contributed by atoms with E-state index in [0.717, 1.165) is 0 Å². The number of fused-ring (bicyclic) bond motifs is 1. The Morgan fingerprint density at radius 3 is 2.66 bits per heavy atom. The van der Waals surface area contributed by atoms with E-state index in [4.69, 9.17) is 0 Å². The van der Waals surface area contributed by atoms with Crippen LogP contribution in [0.2, 0.25) is 0 Å². The number of carbonyl (C=O) groups is 1. The SMILES string of the molecule is Cn1ncc2c(=O)n(CC(=O)N3CCN(c4ccccc4[N+](=O)[O-])CC3)cnc21. The topological polar surface area (TPSA) is 119 Å². The summed E-state index contributed by atoms with van der Waals surface area (Å²) >= 11 is 0. The van der Waals surface area contributed by atoms with Crippen LogP contribution in [0.1, 0.15) is 0 Å². The van der Waals surface area contributed by atoms with Gasteiger partial charge in [-0.05, 0) is 6.07 Å². The molecule has 0 unspecified atom stereocenters. The van der Waals surface area contributed by atoms with Gasteiger partial charge in [0, 0.05) is 39.3 Å². The number of para-hydroxylation sites is 2. The number of hydrogen-bond donors (Lipinski definition) is 0. The Morgan fingerprint density at radius 1 is 1.21 bits per heavy atom. The summed E-state index contributed by atoms with van der Waals surface area (Å²) in [5.41, 5.74) is 0.758. The van der Waals surface area contributed by atoms with Crippen molar-refractivity contribution in [2.45, 2.75) is 6.54 Å². The van der Waals surface area contributed by atoms with Gasteiger partial charge < -0.3 is 9.80 Å². The van der Waals surface area contributed by atoms with Crippen LogP contribution in [-0.4, -0.2) is 61.2 Å².